The number of likely N-dealkylation sites (tertiary alicyclic amines) is 1. The van der Waals surface area contributed by atoms with Crippen molar-refractivity contribution in [3.8, 4) is 0 Å². The van der Waals surface area contributed by atoms with Gasteiger partial charge >= 0.3 is 5.97 Å². The van der Waals surface area contributed by atoms with E-state index in [0.29, 0.717) is 44.5 Å². The van der Waals surface area contributed by atoms with Crippen LogP contribution in [0.5, 0.6) is 0 Å². The fraction of sp³-hybridized carbons (Fsp3) is 0.550. The summed E-state index contributed by atoms with van der Waals surface area (Å²) in [5.41, 5.74) is 1.29. The molecule has 2 N–H and O–H groups in total. The number of piperidine rings is 1. The number of hydrogen-bond acceptors (Lipinski definition) is 5. The Bertz CT molecular complexity index is 846. The molecule has 28 heavy (non-hydrogen) atoms. The van der Waals surface area contributed by atoms with E-state index in [2.05, 4.69) is 15.1 Å². The van der Waals surface area contributed by atoms with Crippen molar-refractivity contribution in [1.29, 1.82) is 0 Å². The molecule has 2 fully saturated rings. The first-order chi connectivity index (χ1) is 13.6. The molecule has 1 aromatic carbocycles. The maximum atomic E-state index is 13.1. The molecule has 3 heterocycles. The molecule has 2 saturated heterocycles. The zero-order valence-corrected chi connectivity index (χ0v) is 15.8. The van der Waals surface area contributed by atoms with Crippen LogP contribution in [-0.4, -0.2) is 82.4 Å². The number of ether oxygens (including phenoxy) is 1. The van der Waals surface area contributed by atoms with Gasteiger partial charge in [0.15, 0.2) is 5.69 Å². The van der Waals surface area contributed by atoms with Crippen LogP contribution in [0.2, 0.25) is 0 Å². The van der Waals surface area contributed by atoms with E-state index in [1.165, 1.54) is 0 Å². The van der Waals surface area contributed by atoms with Gasteiger partial charge in [0, 0.05) is 44.0 Å². The van der Waals surface area contributed by atoms with Crippen LogP contribution < -0.4 is 0 Å². The van der Waals surface area contributed by atoms with E-state index in [1.54, 1.807) is 0 Å². The number of amides is 1. The monoisotopic (exact) mass is 386 g/mol. The summed E-state index contributed by atoms with van der Waals surface area (Å²) < 4.78 is 5.46. The van der Waals surface area contributed by atoms with Gasteiger partial charge in [-0.3, -0.25) is 19.6 Å². The third kappa shape index (κ3) is 3.88. The van der Waals surface area contributed by atoms with Gasteiger partial charge in [-0.15, -0.1) is 0 Å². The standard InChI is InChI=1S/C20H26N4O4/c25-18(26)6-5-14-13-24(8-7-17(14)23-9-11-28-12-10-23)20(27)19-15-3-1-2-4-16(15)21-22-19/h1-4,14,17H,5-13H2,(H,21,22)(H,25,26). The largest absolute Gasteiger partial charge is 0.481 e. The molecule has 0 radical (unpaired) electrons. The minimum absolute atomic E-state index is 0.0850. The minimum atomic E-state index is -0.789. The SMILES string of the molecule is O=C(O)CCC1CN(C(=O)c2n[nH]c3ccccc23)CCC1N1CCOCC1. The molecule has 1 amide bonds. The van der Waals surface area contributed by atoms with E-state index in [4.69, 9.17) is 9.84 Å². The van der Waals surface area contributed by atoms with Gasteiger partial charge in [-0.1, -0.05) is 18.2 Å². The number of benzene rings is 1. The molecule has 2 aromatic rings. The summed E-state index contributed by atoms with van der Waals surface area (Å²) in [5, 5.41) is 17.1. The minimum Gasteiger partial charge on any atom is -0.481 e. The number of hydrogen-bond donors (Lipinski definition) is 2. The van der Waals surface area contributed by atoms with Crippen LogP contribution in [0.1, 0.15) is 29.8 Å². The molecule has 8 heteroatoms. The molecule has 2 aliphatic rings. The maximum Gasteiger partial charge on any atom is 0.303 e. The molecule has 2 atom stereocenters. The van der Waals surface area contributed by atoms with Gasteiger partial charge in [0.2, 0.25) is 0 Å². The first-order valence-corrected chi connectivity index (χ1v) is 9.89. The van der Waals surface area contributed by atoms with Crippen molar-refractivity contribution >= 4 is 22.8 Å². The number of fused-ring (bicyclic) bond motifs is 1. The summed E-state index contributed by atoms with van der Waals surface area (Å²) >= 11 is 0. The molecular formula is C20H26N4O4. The molecule has 0 aliphatic carbocycles. The van der Waals surface area contributed by atoms with Crippen LogP contribution in [0.4, 0.5) is 0 Å². The van der Waals surface area contributed by atoms with E-state index in [1.807, 2.05) is 29.2 Å². The summed E-state index contributed by atoms with van der Waals surface area (Å²) in [5.74, 6) is -0.738. The smallest absolute Gasteiger partial charge is 0.303 e. The Morgan fingerprint density at radius 1 is 1.21 bits per heavy atom. The van der Waals surface area contributed by atoms with Gasteiger partial charge in [-0.2, -0.15) is 5.10 Å². The number of H-pyrrole nitrogens is 1. The summed E-state index contributed by atoms with van der Waals surface area (Å²) in [7, 11) is 0. The van der Waals surface area contributed by atoms with Crippen LogP contribution in [0.25, 0.3) is 10.9 Å². The quantitative estimate of drug-likeness (QED) is 0.810. The van der Waals surface area contributed by atoms with E-state index in [0.717, 1.165) is 30.4 Å². The van der Waals surface area contributed by atoms with Crippen LogP contribution in [0, 0.1) is 5.92 Å². The lowest BCUT2D eigenvalue weighted by Gasteiger charge is -2.45. The predicted molar refractivity (Wildman–Crippen MR) is 103 cm³/mol. The zero-order valence-electron chi connectivity index (χ0n) is 15.8. The Balaban J connectivity index is 1.51. The number of nitrogens with one attached hydrogen (secondary N) is 1. The Labute approximate surface area is 163 Å². The summed E-state index contributed by atoms with van der Waals surface area (Å²) in [4.78, 5) is 28.5. The number of nitrogens with zero attached hydrogens (tertiary/aromatic N) is 3. The number of para-hydroxylation sites is 1. The second-order valence-electron chi connectivity index (χ2n) is 7.57. The molecule has 1 aromatic heterocycles. The second kappa shape index (κ2) is 8.28. The van der Waals surface area contributed by atoms with Crippen LogP contribution in [0.15, 0.2) is 24.3 Å². The normalized spacial score (nSPS) is 23.8. The lowest BCUT2D eigenvalue weighted by molar-refractivity contribution is -0.137. The van der Waals surface area contributed by atoms with Gasteiger partial charge < -0.3 is 14.7 Å². The molecule has 0 bridgehead atoms. The van der Waals surface area contributed by atoms with Gasteiger partial charge in [-0.25, -0.2) is 0 Å². The van der Waals surface area contributed by atoms with E-state index in [-0.39, 0.29) is 18.2 Å². The fourth-order valence-electron chi connectivity index (χ4n) is 4.46. The fourth-order valence-corrected chi connectivity index (χ4v) is 4.46. The van der Waals surface area contributed by atoms with Gasteiger partial charge in [0.1, 0.15) is 0 Å². The molecule has 4 rings (SSSR count). The molecule has 150 valence electrons. The zero-order chi connectivity index (χ0) is 19.5. The highest BCUT2D eigenvalue weighted by molar-refractivity contribution is 6.04. The van der Waals surface area contributed by atoms with Crippen molar-refractivity contribution in [2.75, 3.05) is 39.4 Å². The number of aromatic amines is 1. The summed E-state index contributed by atoms with van der Waals surface area (Å²) in [6.07, 6.45) is 1.54. The molecule has 2 aliphatic heterocycles. The molecular weight excluding hydrogens is 360 g/mol. The van der Waals surface area contributed by atoms with Crippen LogP contribution >= 0.6 is 0 Å². The number of carbonyl (C=O) groups excluding carboxylic acids is 1. The van der Waals surface area contributed by atoms with E-state index >= 15 is 0 Å². The highest BCUT2D eigenvalue weighted by Gasteiger charge is 2.36. The van der Waals surface area contributed by atoms with Crippen LogP contribution in [0.3, 0.4) is 0 Å². The van der Waals surface area contributed by atoms with Crippen molar-refractivity contribution in [3.05, 3.63) is 30.0 Å². The summed E-state index contributed by atoms with van der Waals surface area (Å²) in [6, 6.07) is 7.90. The Morgan fingerprint density at radius 2 is 2.00 bits per heavy atom. The highest BCUT2D eigenvalue weighted by atomic mass is 16.5. The lowest BCUT2D eigenvalue weighted by atomic mass is 9.86. The number of rotatable bonds is 5. The first-order valence-electron chi connectivity index (χ1n) is 9.89. The topological polar surface area (TPSA) is 98.8 Å². The van der Waals surface area contributed by atoms with E-state index < -0.39 is 5.97 Å². The van der Waals surface area contributed by atoms with Crippen molar-refractivity contribution in [1.82, 2.24) is 20.0 Å². The predicted octanol–water partition coefficient (Wildman–Crippen LogP) is 1.59. The lowest BCUT2D eigenvalue weighted by Crippen LogP contribution is -2.55. The Kier molecular flexibility index (Phi) is 5.59. The van der Waals surface area contributed by atoms with E-state index in [9.17, 15) is 9.59 Å². The third-order valence-electron chi connectivity index (χ3n) is 5.90. The molecule has 8 nitrogen and oxygen atoms in total. The van der Waals surface area contributed by atoms with Crippen LogP contribution in [-0.2, 0) is 9.53 Å². The Morgan fingerprint density at radius 3 is 2.79 bits per heavy atom. The highest BCUT2D eigenvalue weighted by Crippen LogP contribution is 2.28. The molecule has 0 spiro atoms. The first kappa shape index (κ1) is 18.9. The van der Waals surface area contributed by atoms with Gasteiger partial charge in [0.25, 0.3) is 5.91 Å². The number of carboxylic acid groups (broad SMARTS) is 1. The van der Waals surface area contributed by atoms with Gasteiger partial charge in [0.05, 0.1) is 18.7 Å². The molecule has 2 unspecified atom stereocenters. The number of morpholine rings is 1. The summed E-state index contributed by atoms with van der Waals surface area (Å²) in [6.45, 7) is 4.38. The second-order valence-corrected chi connectivity index (χ2v) is 7.57. The van der Waals surface area contributed by atoms with Crippen molar-refractivity contribution in [2.45, 2.75) is 25.3 Å². The average Bonchev–Trinajstić information content (AvgIpc) is 3.16. The van der Waals surface area contributed by atoms with Crippen molar-refractivity contribution < 1.29 is 19.4 Å². The maximum absolute atomic E-state index is 13.1. The number of carbonyl (C=O) groups is 2. The molecule has 0 saturated carbocycles. The Hall–Kier alpha value is -2.45. The number of aromatic nitrogens is 2. The number of carboxylic acids is 1. The third-order valence-corrected chi connectivity index (χ3v) is 5.90. The van der Waals surface area contributed by atoms with Crippen molar-refractivity contribution in [2.24, 2.45) is 5.92 Å². The number of aliphatic carboxylic acids is 1. The van der Waals surface area contributed by atoms with Gasteiger partial charge in [-0.05, 0) is 24.8 Å². The van der Waals surface area contributed by atoms with Crippen molar-refractivity contribution in [3.63, 3.8) is 0 Å². The average molecular weight is 386 g/mol.